The van der Waals surface area contributed by atoms with Crippen LogP contribution in [0.15, 0.2) is 42.6 Å². The third-order valence-corrected chi connectivity index (χ3v) is 3.26. The molecule has 2 aromatic heterocycles. The van der Waals surface area contributed by atoms with Gasteiger partial charge in [-0.15, -0.1) is 0 Å². The van der Waals surface area contributed by atoms with E-state index in [4.69, 9.17) is 11.6 Å². The van der Waals surface area contributed by atoms with Crippen molar-refractivity contribution in [3.05, 3.63) is 53.4 Å². The Morgan fingerprint density at radius 1 is 1.16 bits per heavy atom. The second-order valence-corrected chi connectivity index (χ2v) is 5.22. The van der Waals surface area contributed by atoms with Gasteiger partial charge in [-0.25, -0.2) is 9.97 Å². The van der Waals surface area contributed by atoms with Gasteiger partial charge in [0.15, 0.2) is 5.65 Å². The third-order valence-electron chi connectivity index (χ3n) is 3.02. The van der Waals surface area contributed by atoms with E-state index in [9.17, 15) is 0 Å². The molecule has 3 rings (SSSR count). The minimum atomic E-state index is 0.313. The summed E-state index contributed by atoms with van der Waals surface area (Å²) in [4.78, 5) is 9.12. The zero-order valence-corrected chi connectivity index (χ0v) is 11.6. The van der Waals surface area contributed by atoms with Crippen molar-refractivity contribution in [3.8, 4) is 5.69 Å². The van der Waals surface area contributed by atoms with Gasteiger partial charge >= 0.3 is 0 Å². The van der Waals surface area contributed by atoms with Crippen molar-refractivity contribution in [2.75, 3.05) is 0 Å². The average molecular weight is 272 g/mol. The Kier molecular flexibility index (Phi) is 2.99. The first kappa shape index (κ1) is 12.2. The summed E-state index contributed by atoms with van der Waals surface area (Å²) < 4.78 is 2.08. The molecule has 0 aliphatic heterocycles. The number of nitrogens with zero attached hydrogens (tertiary/aromatic N) is 3. The molecule has 0 spiro atoms. The summed E-state index contributed by atoms with van der Waals surface area (Å²) in [6, 6.07) is 11.6. The monoisotopic (exact) mass is 271 g/mol. The molecule has 0 aliphatic carbocycles. The summed E-state index contributed by atoms with van der Waals surface area (Å²) in [7, 11) is 0. The molecule has 0 N–H and O–H groups in total. The fraction of sp³-hybridized carbons (Fsp3) is 0.200. The highest BCUT2D eigenvalue weighted by molar-refractivity contribution is 6.30. The minimum absolute atomic E-state index is 0.313. The van der Waals surface area contributed by atoms with Gasteiger partial charge in [0, 0.05) is 17.1 Å². The number of hydrogen-bond acceptors (Lipinski definition) is 2. The van der Waals surface area contributed by atoms with Crippen LogP contribution in [0.3, 0.4) is 0 Å². The smallest absolute Gasteiger partial charge is 0.164 e. The molecule has 96 valence electrons. The molecule has 0 saturated heterocycles. The van der Waals surface area contributed by atoms with Crippen LogP contribution in [0.1, 0.15) is 25.6 Å². The quantitative estimate of drug-likeness (QED) is 0.699. The van der Waals surface area contributed by atoms with Crippen LogP contribution in [-0.4, -0.2) is 14.5 Å². The molecular formula is C15H14ClN3. The van der Waals surface area contributed by atoms with E-state index >= 15 is 0 Å². The molecule has 0 atom stereocenters. The van der Waals surface area contributed by atoms with Crippen molar-refractivity contribution in [1.29, 1.82) is 0 Å². The molecular weight excluding hydrogens is 258 g/mol. The van der Waals surface area contributed by atoms with Crippen LogP contribution in [0, 0.1) is 0 Å². The van der Waals surface area contributed by atoms with E-state index in [0.29, 0.717) is 10.9 Å². The lowest BCUT2D eigenvalue weighted by atomic mass is 10.2. The molecule has 0 amide bonds. The van der Waals surface area contributed by atoms with Crippen LogP contribution in [-0.2, 0) is 0 Å². The van der Waals surface area contributed by atoms with E-state index in [-0.39, 0.29) is 0 Å². The van der Waals surface area contributed by atoms with Gasteiger partial charge in [0.25, 0.3) is 0 Å². The van der Waals surface area contributed by atoms with Gasteiger partial charge in [-0.05, 0) is 30.3 Å². The zero-order valence-electron chi connectivity index (χ0n) is 10.8. The maximum Gasteiger partial charge on any atom is 0.164 e. The minimum Gasteiger partial charge on any atom is -0.280 e. The molecule has 3 aromatic rings. The number of hydrogen-bond donors (Lipinski definition) is 0. The summed E-state index contributed by atoms with van der Waals surface area (Å²) >= 11 is 6.09. The van der Waals surface area contributed by atoms with Gasteiger partial charge in [-0.2, -0.15) is 0 Å². The van der Waals surface area contributed by atoms with Crippen molar-refractivity contribution >= 4 is 22.8 Å². The van der Waals surface area contributed by atoms with Gasteiger partial charge in [0.2, 0.25) is 0 Å². The van der Waals surface area contributed by atoms with E-state index in [1.807, 2.05) is 36.4 Å². The summed E-state index contributed by atoms with van der Waals surface area (Å²) in [6.45, 7) is 4.25. The van der Waals surface area contributed by atoms with E-state index in [0.717, 1.165) is 22.7 Å². The molecule has 4 heteroatoms. The predicted molar refractivity (Wildman–Crippen MR) is 78.0 cm³/mol. The lowest BCUT2D eigenvalue weighted by Gasteiger charge is -2.11. The molecule has 0 aliphatic rings. The van der Waals surface area contributed by atoms with Crippen molar-refractivity contribution in [2.45, 2.75) is 19.8 Å². The fourth-order valence-electron chi connectivity index (χ4n) is 2.19. The van der Waals surface area contributed by atoms with Gasteiger partial charge in [-0.1, -0.05) is 31.5 Å². The van der Waals surface area contributed by atoms with Crippen molar-refractivity contribution in [1.82, 2.24) is 14.5 Å². The van der Waals surface area contributed by atoms with Crippen molar-refractivity contribution in [2.24, 2.45) is 0 Å². The first-order valence-corrected chi connectivity index (χ1v) is 6.64. The van der Waals surface area contributed by atoms with E-state index in [2.05, 4.69) is 28.4 Å². The summed E-state index contributed by atoms with van der Waals surface area (Å²) in [5, 5.41) is 0.713. The Morgan fingerprint density at radius 2 is 2.00 bits per heavy atom. The van der Waals surface area contributed by atoms with Crippen molar-refractivity contribution in [3.63, 3.8) is 0 Å². The first-order chi connectivity index (χ1) is 9.16. The molecule has 19 heavy (non-hydrogen) atoms. The largest absolute Gasteiger partial charge is 0.280 e. The van der Waals surface area contributed by atoms with Crippen molar-refractivity contribution < 1.29 is 0 Å². The Labute approximate surface area is 116 Å². The second-order valence-electron chi connectivity index (χ2n) is 4.79. The number of benzene rings is 1. The van der Waals surface area contributed by atoms with E-state index in [1.165, 1.54) is 0 Å². The molecule has 2 heterocycles. The summed E-state index contributed by atoms with van der Waals surface area (Å²) in [5.74, 6) is 1.31. The lowest BCUT2D eigenvalue weighted by Crippen LogP contribution is -2.03. The van der Waals surface area contributed by atoms with E-state index in [1.54, 1.807) is 6.20 Å². The highest BCUT2D eigenvalue weighted by Gasteiger charge is 2.15. The highest BCUT2D eigenvalue weighted by Crippen LogP contribution is 2.25. The Balaban J connectivity index is 2.34. The van der Waals surface area contributed by atoms with Gasteiger partial charge in [0.1, 0.15) is 11.3 Å². The number of aromatic nitrogens is 3. The Hall–Kier alpha value is -1.87. The fourth-order valence-corrected chi connectivity index (χ4v) is 2.37. The molecule has 0 saturated carbocycles. The van der Waals surface area contributed by atoms with Crippen LogP contribution in [0.25, 0.3) is 16.9 Å². The van der Waals surface area contributed by atoms with Gasteiger partial charge in [0.05, 0.1) is 5.69 Å². The number of rotatable bonds is 2. The molecule has 0 fully saturated rings. The standard InChI is InChI=1S/C15H14ClN3/c1-10(2)14-18-13-7-4-8-17-15(13)19(14)12-6-3-5-11(16)9-12/h3-10H,1-2H3. The normalized spacial score (nSPS) is 11.4. The van der Waals surface area contributed by atoms with Crippen LogP contribution >= 0.6 is 11.6 Å². The number of imidazole rings is 1. The third kappa shape index (κ3) is 2.10. The summed E-state index contributed by atoms with van der Waals surface area (Å²) in [6.07, 6.45) is 1.79. The maximum absolute atomic E-state index is 6.09. The predicted octanol–water partition coefficient (Wildman–Crippen LogP) is 4.20. The second kappa shape index (κ2) is 4.67. The van der Waals surface area contributed by atoms with E-state index < -0.39 is 0 Å². The number of fused-ring (bicyclic) bond motifs is 1. The zero-order chi connectivity index (χ0) is 13.4. The molecule has 0 radical (unpaired) electrons. The molecule has 1 aromatic carbocycles. The van der Waals surface area contributed by atoms with Gasteiger partial charge < -0.3 is 0 Å². The number of halogens is 1. The topological polar surface area (TPSA) is 30.7 Å². The maximum atomic E-state index is 6.09. The molecule has 0 unspecified atom stereocenters. The molecule has 3 nitrogen and oxygen atoms in total. The van der Waals surface area contributed by atoms with Gasteiger partial charge in [-0.3, -0.25) is 4.57 Å². The summed E-state index contributed by atoms with van der Waals surface area (Å²) in [5.41, 5.74) is 2.78. The highest BCUT2D eigenvalue weighted by atomic mass is 35.5. The Bertz CT molecular complexity index is 731. The van der Waals surface area contributed by atoms with Crippen LogP contribution in [0.2, 0.25) is 5.02 Å². The SMILES string of the molecule is CC(C)c1nc2cccnc2n1-c1cccc(Cl)c1. The lowest BCUT2D eigenvalue weighted by molar-refractivity contribution is 0.757. The number of pyridine rings is 1. The first-order valence-electron chi connectivity index (χ1n) is 6.26. The van der Waals surface area contributed by atoms with Crippen LogP contribution < -0.4 is 0 Å². The molecule has 0 bridgehead atoms. The average Bonchev–Trinajstić information content (AvgIpc) is 2.78. The van der Waals surface area contributed by atoms with Crippen LogP contribution in [0.4, 0.5) is 0 Å². The Morgan fingerprint density at radius 3 is 2.74 bits per heavy atom. The van der Waals surface area contributed by atoms with Crippen LogP contribution in [0.5, 0.6) is 0 Å².